The van der Waals surface area contributed by atoms with Crippen LogP contribution >= 0.6 is 27.5 Å². The Morgan fingerprint density at radius 2 is 2.33 bits per heavy atom. The van der Waals surface area contributed by atoms with Gasteiger partial charge in [-0.25, -0.2) is 0 Å². The van der Waals surface area contributed by atoms with Gasteiger partial charge in [-0.05, 0) is 42.6 Å². The summed E-state index contributed by atoms with van der Waals surface area (Å²) in [6.45, 7) is 5.19. The van der Waals surface area contributed by atoms with Gasteiger partial charge in [-0.1, -0.05) is 40.9 Å². The average Bonchev–Trinajstić information content (AvgIpc) is 2.83. The minimum Gasteiger partial charge on any atom is -0.329 e. The number of hydrogen-bond donors (Lipinski definition) is 1. The van der Waals surface area contributed by atoms with E-state index in [0.717, 1.165) is 28.5 Å². The summed E-state index contributed by atoms with van der Waals surface area (Å²) in [5.74, 6) is 0.817. The van der Waals surface area contributed by atoms with Gasteiger partial charge in [0.15, 0.2) is 0 Å². The van der Waals surface area contributed by atoms with Crippen LogP contribution in [0.2, 0.25) is 5.02 Å². The molecule has 2 nitrogen and oxygen atoms in total. The SMILES string of the molecule is CCC1CCN(C(CN)c2cc(Cl)ccc2Br)C1. The molecule has 2 atom stereocenters. The fourth-order valence-electron chi connectivity index (χ4n) is 2.72. The van der Waals surface area contributed by atoms with Gasteiger partial charge >= 0.3 is 0 Å². The van der Waals surface area contributed by atoms with Gasteiger partial charge in [0.05, 0.1) is 0 Å². The van der Waals surface area contributed by atoms with Crippen LogP contribution in [-0.2, 0) is 0 Å². The third kappa shape index (κ3) is 3.08. The molecule has 0 saturated carbocycles. The molecule has 1 aliphatic heterocycles. The molecule has 100 valence electrons. The minimum absolute atomic E-state index is 0.273. The van der Waals surface area contributed by atoms with E-state index in [2.05, 4.69) is 27.8 Å². The van der Waals surface area contributed by atoms with Crippen molar-refractivity contribution in [1.82, 2.24) is 4.90 Å². The Bertz CT molecular complexity index is 411. The van der Waals surface area contributed by atoms with Crippen LogP contribution in [0.25, 0.3) is 0 Å². The zero-order valence-electron chi connectivity index (χ0n) is 10.7. The third-order valence-corrected chi connectivity index (χ3v) is 4.83. The molecule has 0 radical (unpaired) electrons. The molecule has 1 aromatic rings. The summed E-state index contributed by atoms with van der Waals surface area (Å²) in [7, 11) is 0. The van der Waals surface area contributed by atoms with E-state index in [-0.39, 0.29) is 6.04 Å². The van der Waals surface area contributed by atoms with Gasteiger partial charge in [0.2, 0.25) is 0 Å². The first kappa shape index (κ1) is 14.3. The maximum absolute atomic E-state index is 6.10. The Balaban J connectivity index is 2.20. The highest BCUT2D eigenvalue weighted by molar-refractivity contribution is 9.10. The largest absolute Gasteiger partial charge is 0.329 e. The number of nitrogens with two attached hydrogens (primary N) is 1. The van der Waals surface area contributed by atoms with E-state index in [1.165, 1.54) is 18.4 Å². The summed E-state index contributed by atoms with van der Waals surface area (Å²) in [6.07, 6.45) is 2.54. The van der Waals surface area contributed by atoms with Crippen molar-refractivity contribution >= 4 is 27.5 Å². The fourth-order valence-corrected chi connectivity index (χ4v) is 3.41. The van der Waals surface area contributed by atoms with Crippen molar-refractivity contribution in [3.05, 3.63) is 33.3 Å². The zero-order valence-corrected chi connectivity index (χ0v) is 13.0. The molecule has 18 heavy (non-hydrogen) atoms. The van der Waals surface area contributed by atoms with Crippen LogP contribution < -0.4 is 5.73 Å². The number of rotatable bonds is 4. The lowest BCUT2D eigenvalue weighted by molar-refractivity contribution is 0.240. The smallest absolute Gasteiger partial charge is 0.0482 e. The number of likely N-dealkylation sites (tertiary alicyclic amines) is 1. The highest BCUT2D eigenvalue weighted by Gasteiger charge is 2.28. The molecular weight excluding hydrogens is 312 g/mol. The third-order valence-electron chi connectivity index (χ3n) is 3.88. The number of hydrogen-bond acceptors (Lipinski definition) is 2. The lowest BCUT2D eigenvalue weighted by atomic mass is 10.0. The molecule has 0 amide bonds. The lowest BCUT2D eigenvalue weighted by Gasteiger charge is -2.28. The van der Waals surface area contributed by atoms with Crippen LogP contribution in [0.1, 0.15) is 31.4 Å². The summed E-state index contributed by atoms with van der Waals surface area (Å²) in [4.78, 5) is 2.49. The second kappa shape index (κ2) is 6.38. The monoisotopic (exact) mass is 330 g/mol. The molecule has 0 aliphatic carbocycles. The predicted octanol–water partition coefficient (Wildman–Crippen LogP) is 3.83. The quantitative estimate of drug-likeness (QED) is 0.908. The van der Waals surface area contributed by atoms with Crippen molar-refractivity contribution in [1.29, 1.82) is 0 Å². The van der Waals surface area contributed by atoms with Crippen LogP contribution in [0, 0.1) is 5.92 Å². The van der Waals surface area contributed by atoms with Crippen molar-refractivity contribution in [3.63, 3.8) is 0 Å². The summed E-state index contributed by atoms with van der Waals surface area (Å²) < 4.78 is 1.10. The molecule has 1 heterocycles. The molecule has 2 unspecified atom stereocenters. The van der Waals surface area contributed by atoms with Crippen LogP contribution in [-0.4, -0.2) is 24.5 Å². The Hall–Kier alpha value is -0.0900. The number of halogens is 2. The van der Waals surface area contributed by atoms with Crippen molar-refractivity contribution < 1.29 is 0 Å². The summed E-state index contributed by atoms with van der Waals surface area (Å²) in [5, 5.41) is 0.776. The van der Waals surface area contributed by atoms with E-state index in [9.17, 15) is 0 Å². The molecule has 2 N–H and O–H groups in total. The summed E-state index contributed by atoms with van der Waals surface area (Å²) in [5.41, 5.74) is 7.19. The van der Waals surface area contributed by atoms with Crippen LogP contribution in [0.4, 0.5) is 0 Å². The zero-order chi connectivity index (χ0) is 13.1. The Morgan fingerprint density at radius 1 is 1.56 bits per heavy atom. The van der Waals surface area contributed by atoms with Gasteiger partial charge in [0.25, 0.3) is 0 Å². The summed E-state index contributed by atoms with van der Waals surface area (Å²) >= 11 is 9.71. The van der Waals surface area contributed by atoms with Gasteiger partial charge in [-0.15, -0.1) is 0 Å². The molecule has 0 aromatic heterocycles. The predicted molar refractivity (Wildman–Crippen MR) is 80.9 cm³/mol. The minimum atomic E-state index is 0.273. The van der Waals surface area contributed by atoms with E-state index in [0.29, 0.717) is 6.54 Å². The van der Waals surface area contributed by atoms with Gasteiger partial charge in [-0.2, -0.15) is 0 Å². The topological polar surface area (TPSA) is 29.3 Å². The van der Waals surface area contributed by atoms with Crippen LogP contribution in [0.3, 0.4) is 0 Å². The first-order valence-electron chi connectivity index (χ1n) is 6.54. The van der Waals surface area contributed by atoms with E-state index in [4.69, 9.17) is 17.3 Å². The van der Waals surface area contributed by atoms with Gasteiger partial charge < -0.3 is 5.73 Å². The second-order valence-corrected chi connectivity index (χ2v) is 6.27. The molecule has 0 bridgehead atoms. The normalized spacial score (nSPS) is 22.3. The van der Waals surface area contributed by atoms with E-state index >= 15 is 0 Å². The fraction of sp³-hybridized carbons (Fsp3) is 0.571. The molecular formula is C14H20BrClN2. The van der Waals surface area contributed by atoms with Crippen LogP contribution in [0.5, 0.6) is 0 Å². The van der Waals surface area contributed by atoms with Gasteiger partial charge in [0, 0.05) is 28.6 Å². The van der Waals surface area contributed by atoms with Crippen molar-refractivity contribution in [2.45, 2.75) is 25.8 Å². The Morgan fingerprint density at radius 3 is 2.94 bits per heavy atom. The van der Waals surface area contributed by atoms with Gasteiger partial charge in [0.1, 0.15) is 0 Å². The lowest BCUT2D eigenvalue weighted by Crippen LogP contribution is -2.32. The molecule has 0 spiro atoms. The molecule has 1 saturated heterocycles. The molecule has 1 aromatic carbocycles. The van der Waals surface area contributed by atoms with E-state index < -0.39 is 0 Å². The molecule has 4 heteroatoms. The van der Waals surface area contributed by atoms with E-state index in [1.54, 1.807) is 0 Å². The molecule has 2 rings (SSSR count). The first-order valence-corrected chi connectivity index (χ1v) is 7.71. The number of benzene rings is 1. The first-order chi connectivity index (χ1) is 8.65. The van der Waals surface area contributed by atoms with E-state index in [1.807, 2.05) is 18.2 Å². The van der Waals surface area contributed by atoms with Crippen molar-refractivity contribution in [2.24, 2.45) is 11.7 Å². The second-order valence-electron chi connectivity index (χ2n) is 4.98. The molecule has 1 aliphatic rings. The van der Waals surface area contributed by atoms with Crippen molar-refractivity contribution in [3.8, 4) is 0 Å². The maximum Gasteiger partial charge on any atom is 0.0482 e. The average molecular weight is 332 g/mol. The maximum atomic E-state index is 6.10. The highest BCUT2D eigenvalue weighted by atomic mass is 79.9. The van der Waals surface area contributed by atoms with Crippen LogP contribution in [0.15, 0.2) is 22.7 Å². The molecule has 1 fully saturated rings. The van der Waals surface area contributed by atoms with Crippen molar-refractivity contribution in [2.75, 3.05) is 19.6 Å². The Labute approximate surface area is 123 Å². The Kier molecular flexibility index (Phi) is 5.07. The standard InChI is InChI=1S/C14H20BrClN2/c1-2-10-5-6-18(9-10)14(8-17)12-7-11(16)3-4-13(12)15/h3-4,7,10,14H,2,5-6,8-9,17H2,1H3. The number of nitrogens with zero attached hydrogens (tertiary/aromatic N) is 1. The van der Waals surface area contributed by atoms with Gasteiger partial charge in [-0.3, -0.25) is 4.90 Å². The summed E-state index contributed by atoms with van der Waals surface area (Å²) in [6, 6.07) is 6.21. The highest BCUT2D eigenvalue weighted by Crippen LogP contribution is 2.33.